The highest BCUT2D eigenvalue weighted by Crippen LogP contribution is 2.42. The van der Waals surface area contributed by atoms with Crippen LogP contribution in [0.4, 0.5) is 0 Å². The van der Waals surface area contributed by atoms with Crippen molar-refractivity contribution in [1.29, 1.82) is 0 Å². The lowest BCUT2D eigenvalue weighted by Gasteiger charge is -2.19. The summed E-state index contributed by atoms with van der Waals surface area (Å²) in [6.45, 7) is 5.29. The van der Waals surface area contributed by atoms with E-state index in [1.54, 1.807) is 0 Å². The Bertz CT molecular complexity index is 764. The molecule has 0 fully saturated rings. The fourth-order valence-corrected chi connectivity index (χ4v) is 6.79. The first kappa shape index (κ1) is 19.2. The molecule has 0 aliphatic carbocycles. The molecule has 0 radical (unpaired) electrons. The summed E-state index contributed by atoms with van der Waals surface area (Å²) in [7, 11) is 0.179. The molecular weight excluding hydrogens is 362 g/mol. The van der Waals surface area contributed by atoms with Crippen LogP contribution in [0.25, 0.3) is 0 Å². The smallest absolute Gasteiger partial charge is 0.326 e. The average molecular weight is 387 g/mol. The minimum atomic E-state index is -1.13. The van der Waals surface area contributed by atoms with Crippen LogP contribution in [0.15, 0.2) is 73.1 Å². The highest BCUT2D eigenvalue weighted by atomic mass is 31.2. The number of aromatic nitrogens is 2. The van der Waals surface area contributed by atoms with Gasteiger partial charge in [0.25, 0.3) is 8.38 Å². The van der Waals surface area contributed by atoms with Gasteiger partial charge in [-0.3, -0.25) is 0 Å². The van der Waals surface area contributed by atoms with Gasteiger partial charge < -0.3 is 9.05 Å². The Morgan fingerprint density at radius 2 is 1.35 bits per heavy atom. The number of imidazole rings is 1. The van der Waals surface area contributed by atoms with Crippen molar-refractivity contribution in [2.24, 2.45) is 7.05 Å². The Balaban J connectivity index is 2.14. The minimum absolute atomic E-state index is 0.630. The first-order valence-corrected chi connectivity index (χ1v) is 11.3. The highest BCUT2D eigenvalue weighted by Gasteiger charge is 2.34. The molecule has 2 aromatic carbocycles. The van der Waals surface area contributed by atoms with Gasteiger partial charge in [-0.25, -0.2) is 4.57 Å². The molecule has 0 amide bonds. The third kappa shape index (κ3) is 4.22. The molecule has 0 saturated carbocycles. The third-order valence-electron chi connectivity index (χ3n) is 3.82. The van der Waals surface area contributed by atoms with Crippen LogP contribution >= 0.6 is 16.4 Å². The van der Waals surface area contributed by atoms with E-state index in [-0.39, 0.29) is 0 Å². The normalized spacial score (nSPS) is 11.4. The van der Waals surface area contributed by atoms with E-state index >= 15 is 0 Å². The number of hydrogen-bond donors (Lipinski definition) is 0. The quantitative estimate of drug-likeness (QED) is 0.439. The number of hydrogen-bond acceptors (Lipinski definition) is 2. The van der Waals surface area contributed by atoms with E-state index in [4.69, 9.17) is 9.05 Å². The van der Waals surface area contributed by atoms with E-state index in [0.29, 0.717) is 13.2 Å². The van der Waals surface area contributed by atoms with E-state index in [1.807, 2.05) is 13.8 Å². The van der Waals surface area contributed by atoms with Crippen LogP contribution in [0.5, 0.6) is 0 Å². The van der Waals surface area contributed by atoms with E-state index in [9.17, 15) is 0 Å². The Morgan fingerprint density at radius 3 is 1.81 bits per heavy atom. The van der Waals surface area contributed by atoms with Crippen molar-refractivity contribution in [3.63, 3.8) is 0 Å². The molecule has 3 aromatic rings. The molecule has 0 atom stereocenters. The van der Waals surface area contributed by atoms with Crippen LogP contribution in [0.3, 0.4) is 0 Å². The standard InChI is InChI=1S/C20H25N2O2P2/c1-4-23-26(24-5-2)20-21(3)16-17-22(20)25(18-12-8-6-9-13-18)19-14-10-7-11-15-19/h6-17H,4-5H2,1-3H3/q+1. The molecule has 0 unspecified atom stereocenters. The van der Waals surface area contributed by atoms with Gasteiger partial charge in [-0.15, -0.1) is 0 Å². The van der Waals surface area contributed by atoms with Crippen molar-refractivity contribution in [2.75, 3.05) is 13.2 Å². The number of benzene rings is 2. The second-order valence-corrected chi connectivity index (χ2v) is 9.15. The van der Waals surface area contributed by atoms with Crippen molar-refractivity contribution in [3.8, 4) is 0 Å². The molecule has 1 heterocycles. The van der Waals surface area contributed by atoms with Crippen molar-refractivity contribution < 1.29 is 13.6 Å². The van der Waals surface area contributed by atoms with Gasteiger partial charge in [0.05, 0.1) is 20.3 Å². The zero-order valence-electron chi connectivity index (χ0n) is 15.4. The second kappa shape index (κ2) is 9.39. The molecule has 6 heteroatoms. The molecule has 0 bridgehead atoms. The molecule has 4 nitrogen and oxygen atoms in total. The maximum Gasteiger partial charge on any atom is 0.337 e. The highest BCUT2D eigenvalue weighted by molar-refractivity contribution is 7.72. The summed E-state index contributed by atoms with van der Waals surface area (Å²) in [4.78, 5) is 0. The van der Waals surface area contributed by atoms with Crippen LogP contribution in [0.1, 0.15) is 13.8 Å². The lowest BCUT2D eigenvalue weighted by molar-refractivity contribution is -0.652. The second-order valence-electron chi connectivity index (χ2n) is 5.63. The van der Waals surface area contributed by atoms with Gasteiger partial charge in [-0.1, -0.05) is 60.7 Å². The van der Waals surface area contributed by atoms with Crippen LogP contribution in [0.2, 0.25) is 0 Å². The van der Waals surface area contributed by atoms with E-state index in [0.717, 1.165) is 5.57 Å². The van der Waals surface area contributed by atoms with E-state index < -0.39 is 16.4 Å². The SMILES string of the molecule is CCOP(OCC)c1n(P(c2ccccc2)c2ccccc2)cc[n+]1C. The molecule has 0 spiro atoms. The summed E-state index contributed by atoms with van der Waals surface area (Å²) in [5.74, 6) is 0. The largest absolute Gasteiger partial charge is 0.337 e. The maximum atomic E-state index is 5.98. The topological polar surface area (TPSA) is 27.3 Å². The van der Waals surface area contributed by atoms with Crippen LogP contribution < -0.4 is 20.7 Å². The number of rotatable bonds is 8. The summed E-state index contributed by atoms with van der Waals surface area (Å²) < 4.78 is 16.4. The zero-order chi connectivity index (χ0) is 18.4. The lowest BCUT2D eigenvalue weighted by Crippen LogP contribution is -2.45. The summed E-state index contributed by atoms with van der Waals surface area (Å²) in [6, 6.07) is 21.3. The number of nitrogens with zero attached hydrogens (tertiary/aromatic N) is 2. The van der Waals surface area contributed by atoms with Gasteiger partial charge in [0, 0.05) is 10.6 Å². The van der Waals surface area contributed by atoms with Crippen molar-refractivity contribution >= 4 is 32.6 Å². The Hall–Kier alpha value is -1.57. The maximum absolute atomic E-state index is 5.98. The first-order chi connectivity index (χ1) is 12.8. The van der Waals surface area contributed by atoms with Crippen molar-refractivity contribution in [1.82, 2.24) is 4.34 Å². The van der Waals surface area contributed by atoms with Gasteiger partial charge in [-0.05, 0) is 13.8 Å². The molecular formula is C20H25N2O2P2+. The Labute approximate surface area is 158 Å². The van der Waals surface area contributed by atoms with E-state index in [2.05, 4.69) is 89.0 Å². The molecule has 1 aromatic heterocycles. The zero-order valence-corrected chi connectivity index (χ0v) is 17.2. The number of aryl methyl sites for hydroxylation is 1. The van der Waals surface area contributed by atoms with Crippen LogP contribution in [-0.2, 0) is 16.1 Å². The average Bonchev–Trinajstić information content (AvgIpc) is 3.05. The van der Waals surface area contributed by atoms with Crippen LogP contribution in [-0.4, -0.2) is 17.6 Å². The molecule has 0 aliphatic rings. The predicted molar refractivity (Wildman–Crippen MR) is 110 cm³/mol. The molecule has 136 valence electrons. The summed E-state index contributed by atoms with van der Waals surface area (Å²) in [6.07, 6.45) is 4.23. The van der Waals surface area contributed by atoms with Crippen LogP contribution in [0, 0.1) is 0 Å². The summed E-state index contributed by atoms with van der Waals surface area (Å²) in [5.41, 5.74) is 1.09. The van der Waals surface area contributed by atoms with Crippen molar-refractivity contribution in [3.05, 3.63) is 73.1 Å². The minimum Gasteiger partial charge on any atom is -0.326 e. The fourth-order valence-electron chi connectivity index (χ4n) is 2.75. The van der Waals surface area contributed by atoms with Gasteiger partial charge in [0.1, 0.15) is 12.4 Å². The monoisotopic (exact) mass is 387 g/mol. The van der Waals surface area contributed by atoms with Crippen molar-refractivity contribution in [2.45, 2.75) is 13.8 Å². The molecule has 26 heavy (non-hydrogen) atoms. The van der Waals surface area contributed by atoms with Gasteiger partial charge in [0.15, 0.2) is 8.07 Å². The van der Waals surface area contributed by atoms with Gasteiger partial charge in [0.2, 0.25) is 0 Å². The molecule has 0 aliphatic heterocycles. The summed E-state index contributed by atoms with van der Waals surface area (Å²) >= 11 is 0. The Kier molecular flexibility index (Phi) is 6.93. The summed E-state index contributed by atoms with van der Waals surface area (Å²) in [5, 5.41) is 2.60. The third-order valence-corrected chi connectivity index (χ3v) is 8.15. The first-order valence-electron chi connectivity index (χ1n) is 8.79. The van der Waals surface area contributed by atoms with Gasteiger partial charge in [-0.2, -0.15) is 4.34 Å². The Morgan fingerprint density at radius 1 is 0.846 bits per heavy atom. The molecule has 0 N–H and O–H groups in total. The molecule has 3 rings (SSSR count). The lowest BCUT2D eigenvalue weighted by atomic mass is 10.4. The van der Waals surface area contributed by atoms with E-state index in [1.165, 1.54) is 10.6 Å². The van der Waals surface area contributed by atoms with Gasteiger partial charge >= 0.3 is 5.57 Å². The molecule has 0 saturated heterocycles. The fraction of sp³-hybridized carbons (Fsp3) is 0.250. The predicted octanol–water partition coefficient (Wildman–Crippen LogP) is 3.22.